The first-order valence-electron chi connectivity index (χ1n) is 6.35. The van der Waals surface area contributed by atoms with Crippen LogP contribution in [0.15, 0.2) is 18.2 Å². The van der Waals surface area contributed by atoms with Gasteiger partial charge in [0.25, 0.3) is 5.69 Å². The van der Waals surface area contributed by atoms with Gasteiger partial charge in [-0.15, -0.1) is 0 Å². The maximum absolute atomic E-state index is 10.9. The zero-order chi connectivity index (χ0) is 15.3. The lowest BCUT2D eigenvalue weighted by Crippen LogP contribution is -2.24. The van der Waals surface area contributed by atoms with E-state index >= 15 is 0 Å². The highest BCUT2D eigenvalue weighted by atomic mass is 16.6. The number of carboxylic acid groups (broad SMARTS) is 1. The van der Waals surface area contributed by atoms with Crippen LogP contribution in [0.4, 0.5) is 5.69 Å². The van der Waals surface area contributed by atoms with E-state index < -0.39 is 16.3 Å². The van der Waals surface area contributed by atoms with Crippen LogP contribution in [-0.4, -0.2) is 22.6 Å². The van der Waals surface area contributed by atoms with Crippen molar-refractivity contribution in [2.75, 3.05) is 6.61 Å². The summed E-state index contributed by atoms with van der Waals surface area (Å²) in [5, 5.41) is 19.6. The molecular formula is C14H19NO5. The average molecular weight is 281 g/mol. The van der Waals surface area contributed by atoms with Gasteiger partial charge in [-0.1, -0.05) is 0 Å². The minimum absolute atomic E-state index is 0.0596. The summed E-state index contributed by atoms with van der Waals surface area (Å²) in [6, 6.07) is 4.57. The lowest BCUT2D eigenvalue weighted by Gasteiger charge is -2.18. The molecule has 1 aromatic carbocycles. The molecule has 1 aromatic rings. The Labute approximate surface area is 117 Å². The van der Waals surface area contributed by atoms with Gasteiger partial charge in [-0.05, 0) is 45.7 Å². The summed E-state index contributed by atoms with van der Waals surface area (Å²) in [6.45, 7) is 5.38. The number of aliphatic carboxylic acids is 1. The van der Waals surface area contributed by atoms with Crippen LogP contribution >= 0.6 is 0 Å². The fourth-order valence-corrected chi connectivity index (χ4v) is 1.73. The van der Waals surface area contributed by atoms with Crippen molar-refractivity contribution in [3.63, 3.8) is 0 Å². The summed E-state index contributed by atoms with van der Waals surface area (Å²) in [5.74, 6) is -0.273. The van der Waals surface area contributed by atoms with Crippen molar-refractivity contribution in [1.29, 1.82) is 0 Å². The number of ether oxygens (including phenoxy) is 1. The smallest absolute Gasteiger partial charge is 0.309 e. The molecule has 0 spiro atoms. The second kappa shape index (κ2) is 6.36. The van der Waals surface area contributed by atoms with Gasteiger partial charge in [0, 0.05) is 11.6 Å². The third-order valence-corrected chi connectivity index (χ3v) is 3.16. The molecular weight excluding hydrogens is 262 g/mol. The number of nitro groups is 1. The zero-order valence-corrected chi connectivity index (χ0v) is 11.9. The minimum atomic E-state index is -0.830. The Morgan fingerprint density at radius 1 is 1.45 bits per heavy atom. The molecule has 0 aliphatic heterocycles. The summed E-state index contributed by atoms with van der Waals surface area (Å²) >= 11 is 0. The van der Waals surface area contributed by atoms with Gasteiger partial charge in [-0.3, -0.25) is 14.9 Å². The maximum atomic E-state index is 10.9. The van der Waals surface area contributed by atoms with E-state index in [2.05, 4.69) is 0 Å². The maximum Gasteiger partial charge on any atom is 0.309 e. The van der Waals surface area contributed by atoms with E-state index in [0.29, 0.717) is 30.8 Å². The molecule has 1 N–H and O–H groups in total. The molecule has 0 heterocycles. The lowest BCUT2D eigenvalue weighted by atomic mass is 9.88. The third kappa shape index (κ3) is 4.22. The molecule has 0 aliphatic carbocycles. The van der Waals surface area contributed by atoms with Crippen molar-refractivity contribution >= 4 is 11.7 Å². The molecule has 6 nitrogen and oxygen atoms in total. The molecule has 0 unspecified atom stereocenters. The fraction of sp³-hybridized carbons (Fsp3) is 0.500. The summed E-state index contributed by atoms with van der Waals surface area (Å²) in [4.78, 5) is 21.2. The molecule has 0 radical (unpaired) electrons. The first-order chi connectivity index (χ1) is 9.24. The van der Waals surface area contributed by atoms with Crippen molar-refractivity contribution in [2.45, 2.75) is 33.6 Å². The number of nitro benzene ring substituents is 1. The van der Waals surface area contributed by atoms with Crippen molar-refractivity contribution in [3.05, 3.63) is 33.9 Å². The molecule has 1 rings (SSSR count). The number of nitrogens with zero attached hydrogens (tertiary/aromatic N) is 1. The van der Waals surface area contributed by atoms with Crippen LogP contribution in [0.1, 0.15) is 32.3 Å². The topological polar surface area (TPSA) is 89.7 Å². The molecule has 110 valence electrons. The van der Waals surface area contributed by atoms with Crippen LogP contribution in [0.3, 0.4) is 0 Å². The Hall–Kier alpha value is -2.11. The van der Waals surface area contributed by atoms with Gasteiger partial charge >= 0.3 is 5.97 Å². The molecule has 0 saturated heterocycles. The number of carboxylic acids is 1. The van der Waals surface area contributed by atoms with Crippen LogP contribution in [0.2, 0.25) is 0 Å². The van der Waals surface area contributed by atoms with Crippen LogP contribution in [-0.2, 0) is 4.79 Å². The van der Waals surface area contributed by atoms with Crippen molar-refractivity contribution < 1.29 is 19.6 Å². The van der Waals surface area contributed by atoms with Crippen molar-refractivity contribution in [1.82, 2.24) is 0 Å². The predicted molar refractivity (Wildman–Crippen MR) is 74.0 cm³/mol. The number of aryl methyl sites for hydroxylation is 1. The summed E-state index contributed by atoms with van der Waals surface area (Å²) in [6.07, 6.45) is 1.11. The number of benzene rings is 1. The highest BCUT2D eigenvalue weighted by Gasteiger charge is 2.26. The highest BCUT2D eigenvalue weighted by molar-refractivity contribution is 5.73. The van der Waals surface area contributed by atoms with E-state index in [4.69, 9.17) is 9.84 Å². The van der Waals surface area contributed by atoms with E-state index in [0.717, 1.165) is 0 Å². The number of carbonyl (C=O) groups is 1. The van der Waals surface area contributed by atoms with E-state index in [1.54, 1.807) is 32.9 Å². The molecule has 0 fully saturated rings. The molecule has 0 saturated carbocycles. The third-order valence-electron chi connectivity index (χ3n) is 3.16. The molecule has 0 bridgehead atoms. The quantitative estimate of drug-likeness (QED) is 0.471. The summed E-state index contributed by atoms with van der Waals surface area (Å²) in [7, 11) is 0. The predicted octanol–water partition coefficient (Wildman–Crippen LogP) is 3.17. The Kier molecular flexibility index (Phi) is 5.07. The van der Waals surface area contributed by atoms with Crippen LogP contribution in [0.5, 0.6) is 5.75 Å². The first kappa shape index (κ1) is 15.9. The molecule has 20 heavy (non-hydrogen) atoms. The molecule has 0 aliphatic rings. The average Bonchev–Trinajstić information content (AvgIpc) is 2.34. The van der Waals surface area contributed by atoms with E-state index in [-0.39, 0.29) is 5.69 Å². The first-order valence-corrected chi connectivity index (χ1v) is 6.35. The number of rotatable bonds is 7. The van der Waals surface area contributed by atoms with Gasteiger partial charge in [0.2, 0.25) is 0 Å². The highest BCUT2D eigenvalue weighted by Crippen LogP contribution is 2.25. The zero-order valence-electron chi connectivity index (χ0n) is 11.9. The van der Waals surface area contributed by atoms with Crippen LogP contribution in [0.25, 0.3) is 0 Å². The second-order valence-electron chi connectivity index (χ2n) is 5.35. The minimum Gasteiger partial charge on any atom is -0.494 e. The fourth-order valence-electron chi connectivity index (χ4n) is 1.73. The summed E-state index contributed by atoms with van der Waals surface area (Å²) in [5.41, 5.74) is -0.169. The van der Waals surface area contributed by atoms with Gasteiger partial charge < -0.3 is 9.84 Å². The number of hydrogen-bond donors (Lipinski definition) is 1. The monoisotopic (exact) mass is 281 g/mol. The Bertz CT molecular complexity index is 510. The van der Waals surface area contributed by atoms with Crippen molar-refractivity contribution in [3.8, 4) is 5.75 Å². The van der Waals surface area contributed by atoms with Gasteiger partial charge in [0.05, 0.1) is 16.9 Å². The molecule has 0 atom stereocenters. The Morgan fingerprint density at radius 3 is 2.60 bits per heavy atom. The van der Waals surface area contributed by atoms with E-state index in [1.165, 1.54) is 6.07 Å². The van der Waals surface area contributed by atoms with Gasteiger partial charge in [0.15, 0.2) is 0 Å². The second-order valence-corrected chi connectivity index (χ2v) is 5.35. The Balaban J connectivity index is 2.49. The number of hydrogen-bond acceptors (Lipinski definition) is 4. The van der Waals surface area contributed by atoms with E-state index in [1.807, 2.05) is 0 Å². The van der Waals surface area contributed by atoms with Crippen LogP contribution < -0.4 is 4.74 Å². The largest absolute Gasteiger partial charge is 0.494 e. The van der Waals surface area contributed by atoms with Gasteiger partial charge in [-0.2, -0.15) is 0 Å². The van der Waals surface area contributed by atoms with E-state index in [9.17, 15) is 14.9 Å². The summed E-state index contributed by atoms with van der Waals surface area (Å²) < 4.78 is 5.48. The molecule has 0 aromatic heterocycles. The SMILES string of the molecule is Cc1cc(OCCCC(C)(C)C(=O)O)ccc1[N+](=O)[O-]. The normalized spacial score (nSPS) is 11.2. The van der Waals surface area contributed by atoms with Gasteiger partial charge in [0.1, 0.15) is 5.75 Å². The lowest BCUT2D eigenvalue weighted by molar-refractivity contribution is -0.385. The standard InChI is InChI=1S/C14H19NO5/c1-10-9-11(5-6-12(10)15(18)19)20-8-4-7-14(2,3)13(16)17/h5-6,9H,4,7-8H2,1-3H3,(H,16,17). The van der Waals surface area contributed by atoms with Gasteiger partial charge in [-0.25, -0.2) is 0 Å². The van der Waals surface area contributed by atoms with Crippen LogP contribution in [0, 0.1) is 22.5 Å². The molecule has 6 heteroatoms. The molecule has 0 amide bonds. The Morgan fingerprint density at radius 2 is 2.10 bits per heavy atom. The van der Waals surface area contributed by atoms with Crippen molar-refractivity contribution in [2.24, 2.45) is 5.41 Å².